The topological polar surface area (TPSA) is 6.48 Å². The number of likely N-dealkylation sites (tertiary alicyclic amines) is 2. The van der Waals surface area contributed by atoms with Crippen molar-refractivity contribution in [1.29, 1.82) is 0 Å². The molecule has 0 radical (unpaired) electrons. The van der Waals surface area contributed by atoms with E-state index in [4.69, 9.17) is 0 Å². The molecule has 0 unspecified atom stereocenters. The molecule has 0 amide bonds. The van der Waals surface area contributed by atoms with Crippen molar-refractivity contribution in [3.05, 3.63) is 12.2 Å². The zero-order chi connectivity index (χ0) is 14.1. The summed E-state index contributed by atoms with van der Waals surface area (Å²) in [6.45, 7) is 6.86. The van der Waals surface area contributed by atoms with E-state index in [2.05, 4.69) is 22.0 Å². The molecule has 0 N–H and O–H groups in total. The summed E-state index contributed by atoms with van der Waals surface area (Å²) in [5.41, 5.74) is 0. The Labute approximate surface area is 130 Å². The minimum absolute atomic E-state index is 0.902. The average molecular weight is 288 g/mol. The second kappa shape index (κ2) is 6.42. The molecule has 2 saturated heterocycles. The van der Waals surface area contributed by atoms with E-state index in [-0.39, 0.29) is 0 Å². The van der Waals surface area contributed by atoms with Crippen molar-refractivity contribution in [3.8, 4) is 0 Å². The monoisotopic (exact) mass is 288 g/mol. The van der Waals surface area contributed by atoms with Crippen molar-refractivity contribution in [2.24, 2.45) is 17.8 Å². The Balaban J connectivity index is 1.24. The first-order chi connectivity index (χ1) is 10.4. The third-order valence-electron chi connectivity index (χ3n) is 6.62. The maximum atomic E-state index is 2.82. The van der Waals surface area contributed by atoms with E-state index in [9.17, 15) is 0 Å². The van der Waals surface area contributed by atoms with Crippen molar-refractivity contribution in [2.45, 2.75) is 57.4 Å². The molecule has 4 rings (SSSR count). The molecule has 1 saturated carbocycles. The van der Waals surface area contributed by atoms with Gasteiger partial charge in [-0.1, -0.05) is 25.0 Å². The molecule has 0 aromatic rings. The van der Waals surface area contributed by atoms with Gasteiger partial charge in [-0.25, -0.2) is 0 Å². The predicted octanol–water partition coefficient (Wildman–Crippen LogP) is 3.54. The van der Waals surface area contributed by atoms with Crippen molar-refractivity contribution in [3.63, 3.8) is 0 Å². The van der Waals surface area contributed by atoms with Gasteiger partial charge in [-0.15, -0.1) is 0 Å². The van der Waals surface area contributed by atoms with E-state index >= 15 is 0 Å². The summed E-state index contributed by atoms with van der Waals surface area (Å²) < 4.78 is 0. The van der Waals surface area contributed by atoms with E-state index in [0.29, 0.717) is 0 Å². The third-order valence-corrected chi connectivity index (χ3v) is 6.62. The predicted molar refractivity (Wildman–Crippen MR) is 88.3 cm³/mol. The fourth-order valence-electron chi connectivity index (χ4n) is 5.36. The molecule has 3 fully saturated rings. The Kier molecular flexibility index (Phi) is 4.36. The SMILES string of the molecule is C1=C[C@H]2C[C@H]1C[C@H]2CN1CCC(N2CCCCCC2)CC1. The number of hydrogen-bond donors (Lipinski definition) is 0. The summed E-state index contributed by atoms with van der Waals surface area (Å²) in [6.07, 6.45) is 16.6. The van der Waals surface area contributed by atoms with Crippen LogP contribution in [0.2, 0.25) is 0 Å². The van der Waals surface area contributed by atoms with Crippen molar-refractivity contribution < 1.29 is 0 Å². The minimum atomic E-state index is 0.902. The van der Waals surface area contributed by atoms with Crippen LogP contribution in [0.1, 0.15) is 51.4 Å². The number of piperidine rings is 1. The maximum absolute atomic E-state index is 2.82. The van der Waals surface area contributed by atoms with E-state index in [0.717, 1.165) is 23.8 Å². The summed E-state index contributed by atoms with van der Waals surface area (Å²) in [6, 6.07) is 0.902. The van der Waals surface area contributed by atoms with Gasteiger partial charge >= 0.3 is 0 Å². The molecule has 2 heterocycles. The van der Waals surface area contributed by atoms with Crippen LogP contribution in [-0.4, -0.2) is 48.6 Å². The van der Waals surface area contributed by atoms with Gasteiger partial charge in [0, 0.05) is 12.6 Å². The normalized spacial score (nSPS) is 39.0. The second-order valence-corrected chi connectivity index (χ2v) is 8.02. The van der Waals surface area contributed by atoms with Gasteiger partial charge in [-0.05, 0) is 82.5 Å². The van der Waals surface area contributed by atoms with E-state index < -0.39 is 0 Å². The highest BCUT2D eigenvalue weighted by molar-refractivity contribution is 5.10. The highest BCUT2D eigenvalue weighted by Crippen LogP contribution is 2.43. The molecule has 2 heteroatoms. The molecular formula is C19H32N2. The molecule has 2 bridgehead atoms. The summed E-state index contributed by atoms with van der Waals surface area (Å²) >= 11 is 0. The first-order valence-corrected chi connectivity index (χ1v) is 9.53. The highest BCUT2D eigenvalue weighted by atomic mass is 15.2. The highest BCUT2D eigenvalue weighted by Gasteiger charge is 2.37. The number of hydrogen-bond acceptors (Lipinski definition) is 2. The van der Waals surface area contributed by atoms with Crippen molar-refractivity contribution in [1.82, 2.24) is 9.80 Å². The molecule has 0 aromatic heterocycles. The lowest BCUT2D eigenvalue weighted by atomic mass is 9.92. The standard InChI is InChI=1S/C19H32N2/c1-2-4-10-21(9-3-1)19-7-11-20(12-8-19)15-18-14-16-5-6-17(18)13-16/h5-6,16-19H,1-4,7-15H2/t16-,17-,18-/m0/s1. The van der Waals surface area contributed by atoms with Crippen LogP contribution in [0.15, 0.2) is 12.2 Å². The number of nitrogens with zero attached hydrogens (tertiary/aromatic N) is 2. The lowest BCUT2D eigenvalue weighted by molar-refractivity contribution is 0.0980. The van der Waals surface area contributed by atoms with Crippen LogP contribution in [0.3, 0.4) is 0 Å². The van der Waals surface area contributed by atoms with Crippen LogP contribution in [0.5, 0.6) is 0 Å². The quantitative estimate of drug-likeness (QED) is 0.733. The fourth-order valence-corrected chi connectivity index (χ4v) is 5.36. The number of allylic oxidation sites excluding steroid dienone is 2. The first-order valence-electron chi connectivity index (χ1n) is 9.53. The molecule has 0 spiro atoms. The van der Waals surface area contributed by atoms with Gasteiger partial charge in [0.25, 0.3) is 0 Å². The molecule has 2 aliphatic heterocycles. The zero-order valence-electron chi connectivity index (χ0n) is 13.6. The summed E-state index contributed by atoms with van der Waals surface area (Å²) in [7, 11) is 0. The molecule has 2 aliphatic carbocycles. The van der Waals surface area contributed by atoms with Gasteiger partial charge in [0.05, 0.1) is 0 Å². The zero-order valence-corrected chi connectivity index (χ0v) is 13.6. The Morgan fingerprint density at radius 2 is 1.57 bits per heavy atom. The lowest BCUT2D eigenvalue weighted by Gasteiger charge is -2.39. The van der Waals surface area contributed by atoms with Crippen molar-refractivity contribution in [2.75, 3.05) is 32.7 Å². The Hall–Kier alpha value is -0.340. The molecule has 4 aliphatic rings. The summed E-state index contributed by atoms with van der Waals surface area (Å²) in [5.74, 6) is 2.85. The Morgan fingerprint density at radius 1 is 0.810 bits per heavy atom. The molecule has 21 heavy (non-hydrogen) atoms. The summed E-state index contributed by atoms with van der Waals surface area (Å²) in [5, 5.41) is 0. The smallest absolute Gasteiger partial charge is 0.0120 e. The fraction of sp³-hybridized carbons (Fsp3) is 0.895. The Bertz CT molecular complexity index is 362. The first kappa shape index (κ1) is 14.3. The van der Waals surface area contributed by atoms with E-state index in [1.165, 1.54) is 84.1 Å². The van der Waals surface area contributed by atoms with Gasteiger partial charge in [-0.2, -0.15) is 0 Å². The van der Waals surface area contributed by atoms with Crippen LogP contribution in [0.25, 0.3) is 0 Å². The maximum Gasteiger partial charge on any atom is 0.0120 e. The minimum Gasteiger partial charge on any atom is -0.303 e. The summed E-state index contributed by atoms with van der Waals surface area (Å²) in [4.78, 5) is 5.61. The average Bonchev–Trinajstić information content (AvgIpc) is 3.02. The molecule has 3 atom stereocenters. The van der Waals surface area contributed by atoms with Gasteiger partial charge in [0.2, 0.25) is 0 Å². The molecule has 118 valence electrons. The Morgan fingerprint density at radius 3 is 2.19 bits per heavy atom. The van der Waals surface area contributed by atoms with Gasteiger partial charge < -0.3 is 9.80 Å². The molecule has 2 nitrogen and oxygen atoms in total. The third kappa shape index (κ3) is 3.22. The largest absolute Gasteiger partial charge is 0.303 e. The number of rotatable bonds is 3. The lowest BCUT2D eigenvalue weighted by Crippen LogP contribution is -2.46. The van der Waals surface area contributed by atoms with Gasteiger partial charge in [0.1, 0.15) is 0 Å². The van der Waals surface area contributed by atoms with Crippen molar-refractivity contribution >= 4 is 0 Å². The van der Waals surface area contributed by atoms with E-state index in [1.807, 2.05) is 0 Å². The molecule has 0 aromatic carbocycles. The van der Waals surface area contributed by atoms with Gasteiger partial charge in [-0.3, -0.25) is 0 Å². The van der Waals surface area contributed by atoms with Crippen LogP contribution in [0.4, 0.5) is 0 Å². The van der Waals surface area contributed by atoms with Crippen LogP contribution >= 0.6 is 0 Å². The van der Waals surface area contributed by atoms with Crippen LogP contribution in [-0.2, 0) is 0 Å². The molecular weight excluding hydrogens is 256 g/mol. The number of fused-ring (bicyclic) bond motifs is 2. The van der Waals surface area contributed by atoms with Crippen LogP contribution < -0.4 is 0 Å². The van der Waals surface area contributed by atoms with Crippen LogP contribution in [0, 0.1) is 17.8 Å². The van der Waals surface area contributed by atoms with Gasteiger partial charge in [0.15, 0.2) is 0 Å². The van der Waals surface area contributed by atoms with E-state index in [1.54, 1.807) is 0 Å². The second-order valence-electron chi connectivity index (χ2n) is 8.02.